The zero-order valence-corrected chi connectivity index (χ0v) is 12.3. The van der Waals surface area contributed by atoms with Crippen LogP contribution in [0.5, 0.6) is 0 Å². The molecule has 0 aromatic heterocycles. The molecule has 21 heavy (non-hydrogen) atoms. The normalized spacial score (nSPS) is 19.7. The van der Waals surface area contributed by atoms with Gasteiger partial charge in [-0.3, -0.25) is 4.79 Å². The van der Waals surface area contributed by atoms with Gasteiger partial charge in [-0.25, -0.2) is 9.80 Å². The highest BCUT2D eigenvalue weighted by molar-refractivity contribution is 6.31. The number of anilines is 1. The molecule has 2 rings (SSSR count). The van der Waals surface area contributed by atoms with Crippen LogP contribution in [-0.4, -0.2) is 29.3 Å². The second kappa shape index (κ2) is 6.26. The topological polar surface area (TPSA) is 78.9 Å². The number of nitrogens with zero attached hydrogens (tertiary/aromatic N) is 1. The van der Waals surface area contributed by atoms with Crippen molar-refractivity contribution in [1.82, 2.24) is 5.43 Å². The van der Waals surface area contributed by atoms with E-state index in [0.717, 1.165) is 5.56 Å². The van der Waals surface area contributed by atoms with Crippen LogP contribution in [0.1, 0.15) is 12.5 Å². The number of nitrogens with one attached hydrogen (secondary N) is 1. The predicted octanol–water partition coefficient (Wildman–Crippen LogP) is 1.87. The van der Waals surface area contributed by atoms with Crippen molar-refractivity contribution < 1.29 is 19.4 Å². The molecule has 0 unspecified atom stereocenters. The van der Waals surface area contributed by atoms with Gasteiger partial charge in [0.05, 0.1) is 5.69 Å². The largest absolute Gasteiger partial charge is 0.479 e. The highest BCUT2D eigenvalue weighted by Crippen LogP contribution is 2.25. The maximum Gasteiger partial charge on any atom is 0.332 e. The molecule has 0 radical (unpaired) electrons. The average molecular weight is 311 g/mol. The number of carboxylic acids is 1. The van der Waals surface area contributed by atoms with Crippen molar-refractivity contribution in [3.63, 3.8) is 0 Å². The predicted molar refractivity (Wildman–Crippen MR) is 77.9 cm³/mol. The van der Waals surface area contributed by atoms with Gasteiger partial charge in [0.2, 0.25) is 0 Å². The number of halogens is 1. The Labute approximate surface area is 126 Å². The van der Waals surface area contributed by atoms with Gasteiger partial charge >= 0.3 is 5.97 Å². The Morgan fingerprint density at radius 3 is 2.90 bits per heavy atom. The Kier molecular flexibility index (Phi) is 4.62. The molecule has 1 amide bonds. The number of hydrogen-bond donors (Lipinski definition) is 2. The van der Waals surface area contributed by atoms with Crippen molar-refractivity contribution in [1.29, 1.82) is 0 Å². The fourth-order valence-corrected chi connectivity index (χ4v) is 2.01. The molecule has 0 saturated heterocycles. The van der Waals surface area contributed by atoms with Gasteiger partial charge < -0.3 is 9.84 Å². The summed E-state index contributed by atoms with van der Waals surface area (Å²) in [4.78, 5) is 22.8. The average Bonchev–Trinajstić information content (AvgIpc) is 2.43. The quantitative estimate of drug-likeness (QED) is 0.887. The number of carbonyl (C=O) groups excluding carboxylic acids is 1. The fraction of sp³-hybridized carbons (Fsp3) is 0.286. The number of rotatable bonds is 4. The lowest BCUT2D eigenvalue weighted by molar-refractivity contribution is -0.152. The first-order valence-electron chi connectivity index (χ1n) is 6.31. The smallest absolute Gasteiger partial charge is 0.332 e. The summed E-state index contributed by atoms with van der Waals surface area (Å²) < 4.78 is 5.30. The first-order chi connectivity index (χ1) is 9.88. The van der Waals surface area contributed by atoms with Gasteiger partial charge in [-0.05, 0) is 37.6 Å². The van der Waals surface area contributed by atoms with E-state index in [2.05, 4.69) is 5.43 Å². The number of carbonyl (C=O) groups is 2. The van der Waals surface area contributed by atoms with Crippen molar-refractivity contribution in [2.75, 3.05) is 5.01 Å². The first-order valence-corrected chi connectivity index (χ1v) is 6.69. The summed E-state index contributed by atoms with van der Waals surface area (Å²) in [5.41, 5.74) is 4.27. The number of carboxylic acid groups (broad SMARTS) is 1. The number of hydrogen-bond acceptors (Lipinski definition) is 4. The summed E-state index contributed by atoms with van der Waals surface area (Å²) in [6.07, 6.45) is 1.09. The van der Waals surface area contributed by atoms with E-state index in [1.165, 1.54) is 24.1 Å². The molecule has 0 fully saturated rings. The second-order valence-electron chi connectivity index (χ2n) is 4.63. The Bertz CT molecular complexity index is 603. The van der Waals surface area contributed by atoms with Crippen LogP contribution in [-0.2, 0) is 14.3 Å². The third-order valence-corrected chi connectivity index (χ3v) is 3.24. The van der Waals surface area contributed by atoms with E-state index in [-0.39, 0.29) is 5.91 Å². The standard InChI is InChI=1S/C14H15ClN2O4/c1-8-3-4-10(15)7-11(8)17-13(18)6-5-12(16-17)21-9(2)14(19)20/h3-7,9,12,16H,1-2H3,(H,19,20)/t9-,12-/m1/s1. The summed E-state index contributed by atoms with van der Waals surface area (Å²) in [6, 6.07) is 5.17. The molecule has 1 aliphatic heterocycles. The number of amides is 1. The zero-order chi connectivity index (χ0) is 15.6. The van der Waals surface area contributed by atoms with Gasteiger partial charge in [0.1, 0.15) is 6.23 Å². The van der Waals surface area contributed by atoms with Gasteiger partial charge in [0.25, 0.3) is 5.91 Å². The van der Waals surface area contributed by atoms with Crippen LogP contribution >= 0.6 is 11.6 Å². The maximum atomic E-state index is 12.0. The number of ether oxygens (including phenoxy) is 1. The number of aryl methyl sites for hydroxylation is 1. The van der Waals surface area contributed by atoms with Crippen molar-refractivity contribution >= 4 is 29.2 Å². The highest BCUT2D eigenvalue weighted by atomic mass is 35.5. The van der Waals surface area contributed by atoms with Gasteiger partial charge in [0, 0.05) is 11.1 Å². The number of aliphatic carboxylic acids is 1. The minimum Gasteiger partial charge on any atom is -0.479 e. The maximum absolute atomic E-state index is 12.0. The van der Waals surface area contributed by atoms with Crippen LogP contribution in [0.15, 0.2) is 30.4 Å². The molecule has 112 valence electrons. The summed E-state index contributed by atoms with van der Waals surface area (Å²) in [7, 11) is 0. The van der Waals surface area contributed by atoms with Gasteiger partial charge in [-0.2, -0.15) is 5.43 Å². The molecule has 0 saturated carbocycles. The molecule has 6 nitrogen and oxygen atoms in total. The Hall–Kier alpha value is -1.89. The lowest BCUT2D eigenvalue weighted by Gasteiger charge is -2.31. The number of hydrazine groups is 1. The summed E-state index contributed by atoms with van der Waals surface area (Å²) in [5, 5.41) is 10.6. The molecule has 2 atom stereocenters. The molecule has 0 aliphatic carbocycles. The van der Waals surface area contributed by atoms with E-state index >= 15 is 0 Å². The van der Waals surface area contributed by atoms with Crippen molar-refractivity contribution in [2.24, 2.45) is 0 Å². The molecule has 1 aromatic carbocycles. The molecule has 1 aliphatic rings. The Morgan fingerprint density at radius 2 is 2.24 bits per heavy atom. The fourth-order valence-electron chi connectivity index (χ4n) is 1.84. The summed E-state index contributed by atoms with van der Waals surface area (Å²) >= 11 is 5.95. The Morgan fingerprint density at radius 1 is 1.52 bits per heavy atom. The lowest BCUT2D eigenvalue weighted by atomic mass is 10.2. The highest BCUT2D eigenvalue weighted by Gasteiger charge is 2.26. The molecule has 2 N–H and O–H groups in total. The molecule has 7 heteroatoms. The first kappa shape index (κ1) is 15.5. The molecule has 0 spiro atoms. The van der Waals surface area contributed by atoms with Crippen molar-refractivity contribution in [2.45, 2.75) is 26.2 Å². The van der Waals surface area contributed by atoms with E-state index in [1.807, 2.05) is 6.92 Å². The van der Waals surface area contributed by atoms with Crippen LogP contribution in [0.25, 0.3) is 0 Å². The molecule has 0 bridgehead atoms. The van der Waals surface area contributed by atoms with Crippen LogP contribution < -0.4 is 10.4 Å². The minimum absolute atomic E-state index is 0.289. The van der Waals surface area contributed by atoms with Gasteiger partial charge in [-0.15, -0.1) is 0 Å². The number of benzene rings is 1. The SMILES string of the molecule is Cc1ccc(Cl)cc1N1N[C@H](O[C@H](C)C(=O)O)C=CC1=O. The molecule has 1 aromatic rings. The molecular formula is C14H15ClN2O4. The van der Waals surface area contributed by atoms with Crippen LogP contribution in [0, 0.1) is 6.92 Å². The Balaban J connectivity index is 2.21. The lowest BCUT2D eigenvalue weighted by Crippen LogP contribution is -2.52. The van der Waals surface area contributed by atoms with E-state index in [4.69, 9.17) is 21.4 Å². The van der Waals surface area contributed by atoms with Crippen LogP contribution in [0.4, 0.5) is 5.69 Å². The van der Waals surface area contributed by atoms with Crippen molar-refractivity contribution in [3.05, 3.63) is 40.9 Å². The van der Waals surface area contributed by atoms with E-state index in [9.17, 15) is 9.59 Å². The van der Waals surface area contributed by atoms with Crippen LogP contribution in [0.2, 0.25) is 5.02 Å². The zero-order valence-electron chi connectivity index (χ0n) is 11.5. The van der Waals surface area contributed by atoms with Gasteiger partial charge in [0.15, 0.2) is 6.10 Å². The third-order valence-electron chi connectivity index (χ3n) is 3.00. The second-order valence-corrected chi connectivity index (χ2v) is 5.07. The van der Waals surface area contributed by atoms with E-state index in [0.29, 0.717) is 10.7 Å². The van der Waals surface area contributed by atoms with E-state index in [1.54, 1.807) is 18.2 Å². The van der Waals surface area contributed by atoms with E-state index < -0.39 is 18.3 Å². The van der Waals surface area contributed by atoms with Crippen LogP contribution in [0.3, 0.4) is 0 Å². The molecule has 1 heterocycles. The summed E-state index contributed by atoms with van der Waals surface area (Å²) in [5.74, 6) is -1.37. The van der Waals surface area contributed by atoms with Gasteiger partial charge in [-0.1, -0.05) is 17.7 Å². The summed E-state index contributed by atoms with van der Waals surface area (Å²) in [6.45, 7) is 3.26. The molecular weight excluding hydrogens is 296 g/mol. The monoisotopic (exact) mass is 310 g/mol. The van der Waals surface area contributed by atoms with Crippen molar-refractivity contribution in [3.8, 4) is 0 Å². The minimum atomic E-state index is -1.08. The third kappa shape index (κ3) is 3.60.